The van der Waals surface area contributed by atoms with Crippen LogP contribution in [0.4, 0.5) is 0 Å². The van der Waals surface area contributed by atoms with Gasteiger partial charge in [-0.05, 0) is 0 Å². The molecular formula is C6H8BrNOS2. The van der Waals surface area contributed by atoms with E-state index in [0.717, 1.165) is 11.9 Å². The largest absolute Gasteiger partial charge is 0.297 e. The topological polar surface area (TPSA) is 20.3 Å². The van der Waals surface area contributed by atoms with Gasteiger partial charge in [0.1, 0.15) is 4.32 Å². The van der Waals surface area contributed by atoms with Crippen molar-refractivity contribution in [3.63, 3.8) is 0 Å². The average Bonchev–Trinajstić information content (AvgIpc) is 2.30. The van der Waals surface area contributed by atoms with Gasteiger partial charge in [0.2, 0.25) is 5.91 Å². The number of nitrogens with zero attached hydrogens (tertiary/aromatic N) is 1. The molecule has 0 radical (unpaired) electrons. The van der Waals surface area contributed by atoms with Gasteiger partial charge in [0.05, 0.1) is 0 Å². The van der Waals surface area contributed by atoms with Gasteiger partial charge in [-0.25, -0.2) is 0 Å². The van der Waals surface area contributed by atoms with Crippen LogP contribution in [0, 0.1) is 0 Å². The molecule has 0 saturated carbocycles. The highest BCUT2D eigenvalue weighted by atomic mass is 79.9. The van der Waals surface area contributed by atoms with Crippen molar-refractivity contribution < 1.29 is 4.79 Å². The molecule has 1 fully saturated rings. The molecule has 1 unspecified atom stereocenters. The smallest absolute Gasteiger partial charge is 0.224 e. The summed E-state index contributed by atoms with van der Waals surface area (Å²) in [5, 5.41) is 1.33. The van der Waals surface area contributed by atoms with Gasteiger partial charge in [0, 0.05) is 24.0 Å². The summed E-state index contributed by atoms with van der Waals surface area (Å²) in [5.74, 6) is 0.0472. The van der Waals surface area contributed by atoms with Crippen LogP contribution >= 0.6 is 39.9 Å². The molecule has 1 saturated heterocycles. The van der Waals surface area contributed by atoms with Crippen LogP contribution in [0.2, 0.25) is 0 Å². The van der Waals surface area contributed by atoms with E-state index in [0.29, 0.717) is 9.57 Å². The molecule has 11 heavy (non-hydrogen) atoms. The number of rotatable bonds is 1. The van der Waals surface area contributed by atoms with E-state index >= 15 is 0 Å². The molecule has 1 atom stereocenters. The van der Waals surface area contributed by atoms with Gasteiger partial charge in [-0.3, -0.25) is 9.69 Å². The van der Waals surface area contributed by atoms with E-state index in [4.69, 9.17) is 12.2 Å². The second kappa shape index (κ2) is 3.87. The molecule has 0 bridgehead atoms. The van der Waals surface area contributed by atoms with Crippen molar-refractivity contribution >= 4 is 50.1 Å². The van der Waals surface area contributed by atoms with Crippen LogP contribution in [-0.2, 0) is 4.79 Å². The van der Waals surface area contributed by atoms with E-state index in [-0.39, 0.29) is 5.91 Å². The molecule has 0 aromatic rings. The van der Waals surface area contributed by atoms with Crippen molar-refractivity contribution in [3.8, 4) is 0 Å². The van der Waals surface area contributed by atoms with Gasteiger partial charge in [-0.1, -0.05) is 39.9 Å². The lowest BCUT2D eigenvalue weighted by Crippen LogP contribution is -2.29. The number of thiocarbonyl (C=S) groups is 1. The zero-order valence-electron chi connectivity index (χ0n) is 6.04. The molecule has 1 aliphatic rings. The SMILES string of the molecule is CC(=O)N1CC(CBr)SC1=S. The molecule has 1 amide bonds. The van der Waals surface area contributed by atoms with E-state index in [1.165, 1.54) is 0 Å². The molecule has 62 valence electrons. The molecule has 5 heteroatoms. The third-order valence-corrected chi connectivity index (χ3v) is 4.22. The number of hydrogen-bond donors (Lipinski definition) is 0. The Hall–Kier alpha value is 0.390. The Bertz CT molecular complexity index is 197. The number of carbonyl (C=O) groups excluding carboxylic acids is 1. The molecule has 2 nitrogen and oxygen atoms in total. The highest BCUT2D eigenvalue weighted by molar-refractivity contribution is 9.09. The summed E-state index contributed by atoms with van der Waals surface area (Å²) in [6.07, 6.45) is 0. The molecule has 1 heterocycles. The number of alkyl halides is 1. The number of amides is 1. The van der Waals surface area contributed by atoms with Crippen LogP contribution in [0.3, 0.4) is 0 Å². The Morgan fingerprint density at radius 3 is 2.91 bits per heavy atom. The van der Waals surface area contributed by atoms with Crippen molar-refractivity contribution in [2.45, 2.75) is 12.2 Å². The van der Waals surface area contributed by atoms with Crippen LogP contribution in [-0.4, -0.2) is 32.3 Å². The third-order valence-electron chi connectivity index (χ3n) is 1.43. The zero-order valence-corrected chi connectivity index (χ0v) is 9.26. The van der Waals surface area contributed by atoms with Crippen molar-refractivity contribution in [1.29, 1.82) is 0 Å². The van der Waals surface area contributed by atoms with Crippen molar-refractivity contribution in [2.75, 3.05) is 11.9 Å². The van der Waals surface area contributed by atoms with Crippen LogP contribution in [0.5, 0.6) is 0 Å². The van der Waals surface area contributed by atoms with Gasteiger partial charge in [-0.2, -0.15) is 0 Å². The summed E-state index contributed by atoms with van der Waals surface area (Å²) < 4.78 is 0.710. The van der Waals surface area contributed by atoms with E-state index in [1.54, 1.807) is 23.6 Å². The number of halogens is 1. The lowest BCUT2D eigenvalue weighted by Gasteiger charge is -2.10. The van der Waals surface area contributed by atoms with E-state index < -0.39 is 0 Å². The van der Waals surface area contributed by atoms with Crippen LogP contribution in [0.15, 0.2) is 0 Å². The predicted molar refractivity (Wildman–Crippen MR) is 55.2 cm³/mol. The highest BCUT2D eigenvalue weighted by Gasteiger charge is 2.28. The first-order valence-electron chi connectivity index (χ1n) is 3.20. The van der Waals surface area contributed by atoms with Crippen LogP contribution in [0.25, 0.3) is 0 Å². The molecule has 1 rings (SSSR count). The fraction of sp³-hybridized carbons (Fsp3) is 0.667. The average molecular weight is 254 g/mol. The quantitative estimate of drug-likeness (QED) is 0.524. The Morgan fingerprint density at radius 1 is 2.00 bits per heavy atom. The molecule has 0 aromatic heterocycles. The second-order valence-corrected chi connectivity index (χ2v) is 4.87. The highest BCUT2D eigenvalue weighted by Crippen LogP contribution is 2.26. The lowest BCUT2D eigenvalue weighted by molar-refractivity contribution is -0.124. The Kier molecular flexibility index (Phi) is 3.33. The first kappa shape index (κ1) is 9.48. The molecule has 1 aliphatic heterocycles. The molecular weight excluding hydrogens is 246 g/mol. The molecule has 0 aliphatic carbocycles. The van der Waals surface area contributed by atoms with Gasteiger partial charge < -0.3 is 0 Å². The maximum absolute atomic E-state index is 10.9. The summed E-state index contributed by atoms with van der Waals surface area (Å²) in [7, 11) is 0. The zero-order chi connectivity index (χ0) is 8.43. The van der Waals surface area contributed by atoms with Crippen LogP contribution < -0.4 is 0 Å². The monoisotopic (exact) mass is 253 g/mol. The minimum Gasteiger partial charge on any atom is -0.297 e. The fourth-order valence-corrected chi connectivity index (χ4v) is 2.97. The molecule has 0 spiro atoms. The normalized spacial score (nSPS) is 24.4. The standard InChI is InChI=1S/C6H8BrNOS2/c1-4(9)8-3-5(2-7)11-6(8)10/h5H,2-3H2,1H3. The second-order valence-electron chi connectivity index (χ2n) is 2.29. The van der Waals surface area contributed by atoms with Gasteiger partial charge >= 0.3 is 0 Å². The third kappa shape index (κ3) is 2.16. The number of carbonyl (C=O) groups is 1. The van der Waals surface area contributed by atoms with Crippen LogP contribution in [0.1, 0.15) is 6.92 Å². The molecule has 0 aromatic carbocycles. The maximum Gasteiger partial charge on any atom is 0.224 e. The summed E-state index contributed by atoms with van der Waals surface area (Å²) >= 11 is 9.96. The van der Waals surface area contributed by atoms with Gasteiger partial charge in [-0.15, -0.1) is 0 Å². The summed E-state index contributed by atoms with van der Waals surface area (Å²) in [6.45, 7) is 2.30. The number of thioether (sulfide) groups is 1. The minimum atomic E-state index is 0.0472. The first-order valence-corrected chi connectivity index (χ1v) is 5.60. The Labute approximate surface area is 83.8 Å². The summed E-state index contributed by atoms with van der Waals surface area (Å²) in [5.41, 5.74) is 0. The summed E-state index contributed by atoms with van der Waals surface area (Å²) in [6, 6.07) is 0. The minimum absolute atomic E-state index is 0.0472. The number of hydrogen-bond acceptors (Lipinski definition) is 3. The van der Waals surface area contributed by atoms with Crippen molar-refractivity contribution in [3.05, 3.63) is 0 Å². The van der Waals surface area contributed by atoms with Gasteiger partial charge in [0.25, 0.3) is 0 Å². The van der Waals surface area contributed by atoms with E-state index in [9.17, 15) is 4.79 Å². The predicted octanol–water partition coefficient (Wildman–Crippen LogP) is 1.63. The Morgan fingerprint density at radius 2 is 2.64 bits per heavy atom. The first-order chi connectivity index (χ1) is 5.15. The fourth-order valence-electron chi connectivity index (χ4n) is 0.859. The Balaban J connectivity index is 2.59. The lowest BCUT2D eigenvalue weighted by atomic mass is 10.4. The van der Waals surface area contributed by atoms with Gasteiger partial charge in [0.15, 0.2) is 0 Å². The maximum atomic E-state index is 10.9. The van der Waals surface area contributed by atoms with Crippen molar-refractivity contribution in [2.24, 2.45) is 0 Å². The van der Waals surface area contributed by atoms with Crippen molar-refractivity contribution in [1.82, 2.24) is 4.90 Å². The van der Waals surface area contributed by atoms with E-state index in [2.05, 4.69) is 15.9 Å². The van der Waals surface area contributed by atoms with E-state index in [1.807, 2.05) is 0 Å². The molecule has 0 N–H and O–H groups in total. The summed E-state index contributed by atoms with van der Waals surface area (Å²) in [4.78, 5) is 12.6.